The van der Waals surface area contributed by atoms with Gasteiger partial charge in [0.05, 0.1) is 13.2 Å². The number of ether oxygens (including phenoxy) is 1. The van der Waals surface area contributed by atoms with Crippen molar-refractivity contribution in [2.45, 2.75) is 12.5 Å². The molecule has 0 bridgehead atoms. The van der Waals surface area contributed by atoms with Crippen molar-refractivity contribution >= 4 is 23.3 Å². The number of hydrogen-bond acceptors (Lipinski definition) is 3. The van der Waals surface area contributed by atoms with Gasteiger partial charge in [0.2, 0.25) is 0 Å². The number of anilines is 1. The maximum absolute atomic E-state index is 12.3. The summed E-state index contributed by atoms with van der Waals surface area (Å²) < 4.78 is 5.46. The lowest BCUT2D eigenvalue weighted by atomic mass is 10.0. The van der Waals surface area contributed by atoms with Gasteiger partial charge < -0.3 is 15.4 Å². The molecule has 2 N–H and O–H groups in total. The van der Waals surface area contributed by atoms with Gasteiger partial charge in [-0.1, -0.05) is 48.0 Å². The molecule has 0 aliphatic carbocycles. The molecule has 2 aromatic rings. The van der Waals surface area contributed by atoms with Crippen LogP contribution in [0.15, 0.2) is 54.6 Å². The number of carbonyl (C=O) groups excluding carboxylic acids is 1. The smallest absolute Gasteiger partial charge is 0.319 e. The van der Waals surface area contributed by atoms with Gasteiger partial charge in [-0.15, -0.1) is 0 Å². The number of amides is 2. The normalized spacial score (nSPS) is 16.0. The zero-order valence-corrected chi connectivity index (χ0v) is 15.4. The van der Waals surface area contributed by atoms with Crippen molar-refractivity contribution in [1.29, 1.82) is 0 Å². The van der Waals surface area contributed by atoms with Crippen LogP contribution in [0.3, 0.4) is 0 Å². The van der Waals surface area contributed by atoms with Crippen LogP contribution in [0.25, 0.3) is 0 Å². The molecular formula is C20H24ClN3O2. The highest BCUT2D eigenvalue weighted by atomic mass is 35.5. The number of urea groups is 1. The van der Waals surface area contributed by atoms with Crippen molar-refractivity contribution in [3.05, 3.63) is 65.2 Å². The Balaban J connectivity index is 1.58. The number of halogens is 1. The lowest BCUT2D eigenvalue weighted by Gasteiger charge is -2.34. The Bertz CT molecular complexity index is 705. The molecule has 3 rings (SSSR count). The summed E-state index contributed by atoms with van der Waals surface area (Å²) in [6.07, 6.45) is 0.887. The molecule has 138 valence electrons. The van der Waals surface area contributed by atoms with Crippen LogP contribution in [-0.2, 0) is 11.2 Å². The van der Waals surface area contributed by atoms with Gasteiger partial charge in [0.25, 0.3) is 0 Å². The van der Waals surface area contributed by atoms with E-state index in [4.69, 9.17) is 16.3 Å². The topological polar surface area (TPSA) is 53.6 Å². The molecule has 2 aromatic carbocycles. The van der Waals surface area contributed by atoms with Gasteiger partial charge in [-0.05, 0) is 30.2 Å². The standard InChI is InChI=1S/C20H24ClN3O2/c21-17-7-4-8-18(14-17)23-20(25)22-15-19(24-9-11-26-12-10-24)13-16-5-2-1-3-6-16/h1-8,14,19H,9-13,15H2,(H2,22,23,25). The molecule has 0 spiro atoms. The third-order valence-electron chi connectivity index (χ3n) is 4.46. The Morgan fingerprint density at radius 3 is 2.62 bits per heavy atom. The number of rotatable bonds is 6. The third-order valence-corrected chi connectivity index (χ3v) is 4.69. The van der Waals surface area contributed by atoms with E-state index in [2.05, 4.69) is 27.7 Å². The lowest BCUT2D eigenvalue weighted by molar-refractivity contribution is 0.0173. The summed E-state index contributed by atoms with van der Waals surface area (Å²) in [5.74, 6) is 0. The molecule has 1 unspecified atom stereocenters. The average Bonchev–Trinajstić information content (AvgIpc) is 2.66. The zero-order chi connectivity index (χ0) is 18.2. The molecule has 2 amide bonds. The van der Waals surface area contributed by atoms with Gasteiger partial charge >= 0.3 is 6.03 Å². The number of nitrogens with zero attached hydrogens (tertiary/aromatic N) is 1. The van der Waals surface area contributed by atoms with Crippen LogP contribution in [0.1, 0.15) is 5.56 Å². The number of benzene rings is 2. The molecule has 26 heavy (non-hydrogen) atoms. The van der Waals surface area contributed by atoms with Crippen molar-refractivity contribution in [3.8, 4) is 0 Å². The summed E-state index contributed by atoms with van der Waals surface area (Å²) in [7, 11) is 0. The first-order chi connectivity index (χ1) is 12.7. The molecule has 1 aliphatic heterocycles. The van der Waals surface area contributed by atoms with E-state index in [9.17, 15) is 4.79 Å². The van der Waals surface area contributed by atoms with Gasteiger partial charge in [-0.3, -0.25) is 4.90 Å². The van der Waals surface area contributed by atoms with Crippen LogP contribution in [-0.4, -0.2) is 49.8 Å². The van der Waals surface area contributed by atoms with E-state index in [1.807, 2.05) is 30.3 Å². The number of hydrogen-bond donors (Lipinski definition) is 2. The first-order valence-corrected chi connectivity index (χ1v) is 9.24. The van der Waals surface area contributed by atoms with E-state index in [1.165, 1.54) is 5.56 Å². The Labute approximate surface area is 159 Å². The molecule has 0 saturated carbocycles. The maximum atomic E-state index is 12.3. The highest BCUT2D eigenvalue weighted by Crippen LogP contribution is 2.15. The predicted molar refractivity (Wildman–Crippen MR) is 105 cm³/mol. The monoisotopic (exact) mass is 373 g/mol. The Morgan fingerprint density at radius 2 is 1.88 bits per heavy atom. The van der Waals surface area contributed by atoms with Crippen LogP contribution in [0.5, 0.6) is 0 Å². The van der Waals surface area contributed by atoms with Gasteiger partial charge in [0.15, 0.2) is 0 Å². The van der Waals surface area contributed by atoms with E-state index in [1.54, 1.807) is 12.1 Å². The summed E-state index contributed by atoms with van der Waals surface area (Å²) in [5.41, 5.74) is 1.95. The minimum absolute atomic E-state index is 0.224. The fourth-order valence-electron chi connectivity index (χ4n) is 3.11. The SMILES string of the molecule is O=C(NCC(Cc1ccccc1)N1CCOCC1)Nc1cccc(Cl)c1. The fraction of sp³-hybridized carbons (Fsp3) is 0.350. The summed E-state index contributed by atoms with van der Waals surface area (Å²) in [5, 5.41) is 6.42. The van der Waals surface area contributed by atoms with Crippen molar-refractivity contribution < 1.29 is 9.53 Å². The predicted octanol–water partition coefficient (Wildman–Crippen LogP) is 3.41. The highest BCUT2D eigenvalue weighted by molar-refractivity contribution is 6.30. The molecule has 1 heterocycles. The van der Waals surface area contributed by atoms with Crippen LogP contribution in [0.4, 0.5) is 10.5 Å². The van der Waals surface area contributed by atoms with E-state index in [-0.39, 0.29) is 12.1 Å². The maximum Gasteiger partial charge on any atom is 0.319 e. The molecule has 5 nitrogen and oxygen atoms in total. The van der Waals surface area contributed by atoms with Crippen LogP contribution < -0.4 is 10.6 Å². The highest BCUT2D eigenvalue weighted by Gasteiger charge is 2.22. The summed E-state index contributed by atoms with van der Waals surface area (Å²) in [6.45, 7) is 3.81. The number of carbonyl (C=O) groups is 1. The zero-order valence-electron chi connectivity index (χ0n) is 14.7. The number of nitrogens with one attached hydrogen (secondary N) is 2. The average molecular weight is 374 g/mol. The summed E-state index contributed by atoms with van der Waals surface area (Å²) in [4.78, 5) is 14.6. The van der Waals surface area contributed by atoms with Crippen molar-refractivity contribution in [2.24, 2.45) is 0 Å². The molecule has 0 aromatic heterocycles. The van der Waals surface area contributed by atoms with E-state index in [0.29, 0.717) is 17.3 Å². The minimum atomic E-state index is -0.224. The van der Waals surface area contributed by atoms with Gasteiger partial charge in [-0.25, -0.2) is 4.79 Å². The van der Waals surface area contributed by atoms with Crippen molar-refractivity contribution in [2.75, 3.05) is 38.2 Å². The Hall–Kier alpha value is -2.08. The molecule has 0 radical (unpaired) electrons. The van der Waals surface area contributed by atoms with Gasteiger partial charge in [0, 0.05) is 36.4 Å². The fourth-order valence-corrected chi connectivity index (χ4v) is 3.30. The van der Waals surface area contributed by atoms with Crippen molar-refractivity contribution in [3.63, 3.8) is 0 Å². The van der Waals surface area contributed by atoms with E-state index < -0.39 is 0 Å². The van der Waals surface area contributed by atoms with Gasteiger partial charge in [0.1, 0.15) is 0 Å². The lowest BCUT2D eigenvalue weighted by Crippen LogP contribution is -2.50. The minimum Gasteiger partial charge on any atom is -0.379 e. The quantitative estimate of drug-likeness (QED) is 0.815. The first-order valence-electron chi connectivity index (χ1n) is 8.87. The molecular weight excluding hydrogens is 350 g/mol. The first kappa shape index (κ1) is 18.7. The van der Waals surface area contributed by atoms with E-state index >= 15 is 0 Å². The van der Waals surface area contributed by atoms with Crippen LogP contribution in [0.2, 0.25) is 5.02 Å². The molecule has 6 heteroatoms. The Kier molecular flexibility index (Phi) is 6.89. The van der Waals surface area contributed by atoms with Crippen molar-refractivity contribution in [1.82, 2.24) is 10.2 Å². The number of morpholine rings is 1. The van der Waals surface area contributed by atoms with Crippen LogP contribution >= 0.6 is 11.6 Å². The Morgan fingerprint density at radius 1 is 1.12 bits per heavy atom. The summed E-state index contributed by atoms with van der Waals surface area (Å²) >= 11 is 5.96. The molecule has 1 saturated heterocycles. The largest absolute Gasteiger partial charge is 0.379 e. The van der Waals surface area contributed by atoms with Crippen LogP contribution in [0, 0.1) is 0 Å². The second-order valence-electron chi connectivity index (χ2n) is 6.34. The molecule has 1 aliphatic rings. The summed E-state index contributed by atoms with van der Waals surface area (Å²) in [6, 6.07) is 17.5. The molecule has 1 fully saturated rings. The second kappa shape index (κ2) is 9.57. The third kappa shape index (κ3) is 5.73. The van der Waals surface area contributed by atoms with Gasteiger partial charge in [-0.2, -0.15) is 0 Å². The van der Waals surface area contributed by atoms with E-state index in [0.717, 1.165) is 32.7 Å². The molecule has 1 atom stereocenters. The second-order valence-corrected chi connectivity index (χ2v) is 6.77.